The van der Waals surface area contributed by atoms with Crippen LogP contribution in [0, 0.1) is 5.41 Å². The van der Waals surface area contributed by atoms with E-state index in [0.29, 0.717) is 18.8 Å². The summed E-state index contributed by atoms with van der Waals surface area (Å²) in [6.07, 6.45) is 5.46. The van der Waals surface area contributed by atoms with Crippen LogP contribution in [0.1, 0.15) is 70.5 Å². The predicted molar refractivity (Wildman–Crippen MR) is 120 cm³/mol. The number of carbonyl (C=O) groups excluding carboxylic acids is 2. The number of carbonyl (C=O) groups is 2. The highest BCUT2D eigenvalue weighted by Crippen LogP contribution is 2.40. The summed E-state index contributed by atoms with van der Waals surface area (Å²) in [6, 6.07) is -1.81. The number of nitrogens with one attached hydrogen (secondary N) is 2. The molecule has 2 unspecified atom stereocenters. The number of sulfonamides is 1. The lowest BCUT2D eigenvalue weighted by Gasteiger charge is -2.38. The Morgan fingerprint density at radius 3 is 2.42 bits per heavy atom. The molecular formula is C21H34N6O5S. The molecule has 3 N–H and O–H groups in total. The van der Waals surface area contributed by atoms with E-state index in [4.69, 9.17) is 0 Å². The van der Waals surface area contributed by atoms with Gasteiger partial charge in [-0.05, 0) is 31.1 Å². The number of rotatable bonds is 7. The third-order valence-electron chi connectivity index (χ3n) is 6.57. The Bertz CT molecular complexity index is 1010. The van der Waals surface area contributed by atoms with E-state index in [1.165, 1.54) is 4.90 Å². The van der Waals surface area contributed by atoms with Crippen molar-refractivity contribution in [2.24, 2.45) is 5.41 Å². The Labute approximate surface area is 194 Å². The van der Waals surface area contributed by atoms with Crippen LogP contribution in [0.3, 0.4) is 0 Å². The van der Waals surface area contributed by atoms with Gasteiger partial charge in [-0.15, -0.1) is 5.10 Å². The highest BCUT2D eigenvalue weighted by molar-refractivity contribution is 7.88. The topological polar surface area (TPSA) is 147 Å². The van der Waals surface area contributed by atoms with Crippen molar-refractivity contribution in [3.8, 4) is 0 Å². The first-order chi connectivity index (χ1) is 15.3. The zero-order chi connectivity index (χ0) is 24.1. The minimum Gasteiger partial charge on any atom is -0.391 e. The van der Waals surface area contributed by atoms with Gasteiger partial charge in [-0.1, -0.05) is 26.0 Å². The first kappa shape index (κ1) is 24.1. The van der Waals surface area contributed by atoms with Gasteiger partial charge in [0.05, 0.1) is 18.1 Å². The van der Waals surface area contributed by atoms with Crippen molar-refractivity contribution in [2.75, 3.05) is 12.8 Å². The molecule has 0 radical (unpaired) electrons. The van der Waals surface area contributed by atoms with Crippen LogP contribution >= 0.6 is 0 Å². The normalized spacial score (nSPS) is 28.9. The van der Waals surface area contributed by atoms with E-state index in [0.717, 1.165) is 24.8 Å². The number of hydrogen-bond donors (Lipinski definition) is 3. The number of nitrogens with zero attached hydrogens (tertiary/aromatic N) is 4. The van der Waals surface area contributed by atoms with Crippen molar-refractivity contribution >= 4 is 21.8 Å². The third kappa shape index (κ3) is 5.55. The summed E-state index contributed by atoms with van der Waals surface area (Å²) in [7, 11) is -3.29. The second-order valence-electron chi connectivity index (χ2n) is 10.8. The molecule has 12 heteroatoms. The van der Waals surface area contributed by atoms with Gasteiger partial charge in [-0.2, -0.15) is 0 Å². The molecule has 1 saturated heterocycles. The van der Waals surface area contributed by atoms with Crippen LogP contribution < -0.4 is 10.0 Å². The zero-order valence-electron chi connectivity index (χ0n) is 19.6. The van der Waals surface area contributed by atoms with Gasteiger partial charge in [-0.3, -0.25) is 9.59 Å². The molecule has 2 aliphatic carbocycles. The lowest BCUT2D eigenvalue weighted by Crippen LogP contribution is -2.57. The summed E-state index contributed by atoms with van der Waals surface area (Å²) in [5.74, 6) is -0.186. The maximum Gasteiger partial charge on any atom is 0.248 e. The molecule has 0 aromatic carbocycles. The number of hydrogen-bond acceptors (Lipinski definition) is 7. The third-order valence-corrected chi connectivity index (χ3v) is 7.33. The van der Waals surface area contributed by atoms with Gasteiger partial charge in [-0.25, -0.2) is 17.8 Å². The molecule has 0 bridgehead atoms. The lowest BCUT2D eigenvalue weighted by atomic mass is 9.85. The summed E-state index contributed by atoms with van der Waals surface area (Å²) < 4.78 is 26.8. The number of amides is 2. The summed E-state index contributed by atoms with van der Waals surface area (Å²) in [6.45, 7) is 5.91. The molecular weight excluding hydrogens is 448 g/mol. The van der Waals surface area contributed by atoms with Crippen molar-refractivity contribution in [3.05, 3.63) is 11.9 Å². The van der Waals surface area contributed by atoms with E-state index in [-0.39, 0.29) is 36.9 Å². The molecule has 33 heavy (non-hydrogen) atoms. The molecule has 1 aliphatic heterocycles. The standard InChI is InChI=1S/C21H34N6O5S/c1-21(2,3)18(27-11-16(23-25-27)12-5-6-12)20(30)26-10-15(28)9-17(26)19(29)22-13-7-14(8-13)24-33(4,31)32/h11-15,17-18,24,28H,5-10H2,1-4H3,(H,22,29)/t13?,14?,15?,17?,18-/m1/s1. The largest absolute Gasteiger partial charge is 0.391 e. The van der Waals surface area contributed by atoms with E-state index in [2.05, 4.69) is 20.4 Å². The summed E-state index contributed by atoms with van der Waals surface area (Å²) >= 11 is 0. The average Bonchev–Trinajstić information content (AvgIpc) is 3.26. The fourth-order valence-electron chi connectivity index (χ4n) is 4.76. The molecule has 2 heterocycles. The van der Waals surface area contributed by atoms with Gasteiger partial charge in [0.2, 0.25) is 21.8 Å². The molecule has 0 spiro atoms. The van der Waals surface area contributed by atoms with Crippen molar-refractivity contribution in [1.82, 2.24) is 29.9 Å². The van der Waals surface area contributed by atoms with Crippen molar-refractivity contribution in [3.63, 3.8) is 0 Å². The molecule has 11 nitrogen and oxygen atoms in total. The van der Waals surface area contributed by atoms with Gasteiger partial charge in [0.25, 0.3) is 0 Å². The van der Waals surface area contributed by atoms with E-state index >= 15 is 0 Å². The Morgan fingerprint density at radius 2 is 1.85 bits per heavy atom. The van der Waals surface area contributed by atoms with Crippen LogP contribution in [0.25, 0.3) is 0 Å². The maximum atomic E-state index is 13.7. The first-order valence-electron chi connectivity index (χ1n) is 11.5. The van der Waals surface area contributed by atoms with Crippen LogP contribution in [0.15, 0.2) is 6.20 Å². The van der Waals surface area contributed by atoms with E-state index in [1.807, 2.05) is 27.0 Å². The van der Waals surface area contributed by atoms with Crippen LogP contribution in [0.4, 0.5) is 0 Å². The molecule has 2 amide bonds. The Balaban J connectivity index is 1.45. The molecule has 1 aromatic heterocycles. The van der Waals surface area contributed by atoms with Crippen molar-refractivity contribution < 1.29 is 23.1 Å². The molecule has 1 aromatic rings. The highest BCUT2D eigenvalue weighted by atomic mass is 32.2. The van der Waals surface area contributed by atoms with Crippen molar-refractivity contribution in [1.29, 1.82) is 0 Å². The van der Waals surface area contributed by atoms with E-state index in [1.54, 1.807) is 4.68 Å². The predicted octanol–water partition coefficient (Wildman–Crippen LogP) is -0.0991. The quantitative estimate of drug-likeness (QED) is 0.492. The van der Waals surface area contributed by atoms with Gasteiger partial charge >= 0.3 is 0 Å². The van der Waals surface area contributed by atoms with Crippen LogP contribution in [0.2, 0.25) is 0 Å². The fraction of sp³-hybridized carbons (Fsp3) is 0.810. The number of likely N-dealkylation sites (tertiary alicyclic amines) is 1. The number of aliphatic hydroxyl groups excluding tert-OH is 1. The van der Waals surface area contributed by atoms with Gasteiger partial charge < -0.3 is 15.3 Å². The summed E-state index contributed by atoms with van der Waals surface area (Å²) in [5, 5.41) is 21.7. The van der Waals surface area contributed by atoms with Crippen LogP contribution in [-0.4, -0.2) is 82.3 Å². The SMILES string of the molecule is CC(C)(C)[C@@H](C(=O)N1CC(O)CC1C(=O)NC1CC(NS(C)(=O)=O)C1)n1cc(C2CC2)nn1. The second kappa shape index (κ2) is 8.62. The number of aromatic nitrogens is 3. The fourth-order valence-corrected chi connectivity index (χ4v) is 5.56. The molecule has 184 valence electrons. The summed E-state index contributed by atoms with van der Waals surface area (Å²) in [5.41, 5.74) is 0.397. The molecule has 3 aliphatic rings. The Hall–Kier alpha value is -2.05. The van der Waals surface area contributed by atoms with Gasteiger partial charge in [0.1, 0.15) is 12.1 Å². The molecule has 4 rings (SSSR count). The number of β-amino-alcohol motifs (C(OH)–C–C–N with tert-alkyl or cyclic N) is 1. The minimum absolute atomic E-state index is 0.0800. The minimum atomic E-state index is -3.29. The smallest absolute Gasteiger partial charge is 0.248 e. The van der Waals surface area contributed by atoms with E-state index < -0.39 is 33.6 Å². The Kier molecular flexibility index (Phi) is 6.29. The monoisotopic (exact) mass is 482 g/mol. The van der Waals surface area contributed by atoms with Gasteiger partial charge in [0.15, 0.2) is 0 Å². The highest BCUT2D eigenvalue weighted by Gasteiger charge is 2.46. The second-order valence-corrected chi connectivity index (χ2v) is 12.6. The molecule has 3 fully saturated rings. The lowest BCUT2D eigenvalue weighted by molar-refractivity contribution is -0.144. The van der Waals surface area contributed by atoms with Gasteiger partial charge in [0, 0.05) is 37.2 Å². The van der Waals surface area contributed by atoms with Crippen molar-refractivity contribution in [2.45, 2.75) is 89.1 Å². The average molecular weight is 483 g/mol. The number of aliphatic hydroxyl groups is 1. The first-order valence-corrected chi connectivity index (χ1v) is 13.4. The van der Waals surface area contributed by atoms with Crippen LogP contribution in [0.5, 0.6) is 0 Å². The maximum absolute atomic E-state index is 13.7. The molecule has 2 saturated carbocycles. The van der Waals surface area contributed by atoms with Crippen LogP contribution in [-0.2, 0) is 19.6 Å². The zero-order valence-corrected chi connectivity index (χ0v) is 20.4. The van der Waals surface area contributed by atoms with E-state index in [9.17, 15) is 23.1 Å². The summed E-state index contributed by atoms with van der Waals surface area (Å²) in [4.78, 5) is 28.2. The molecule has 3 atom stereocenters. The Morgan fingerprint density at radius 1 is 1.18 bits per heavy atom.